The van der Waals surface area contributed by atoms with Crippen LogP contribution >= 0.6 is 11.6 Å². The lowest BCUT2D eigenvalue weighted by atomic mass is 10.0. The van der Waals surface area contributed by atoms with Crippen molar-refractivity contribution in [2.75, 3.05) is 13.1 Å². The molecule has 0 radical (unpaired) electrons. The third kappa shape index (κ3) is 7.89. The summed E-state index contributed by atoms with van der Waals surface area (Å²) in [5, 5.41) is 36.6. The van der Waals surface area contributed by atoms with E-state index in [9.17, 15) is 9.59 Å². The fourth-order valence-electron chi connectivity index (χ4n) is 2.88. The van der Waals surface area contributed by atoms with Gasteiger partial charge < -0.3 is 30.5 Å². The molecule has 1 fully saturated rings. The molecule has 10 heteroatoms. The highest BCUT2D eigenvalue weighted by Gasteiger charge is 2.29. The van der Waals surface area contributed by atoms with Gasteiger partial charge in [-0.2, -0.15) is 0 Å². The Bertz CT molecular complexity index is 811. The maximum Gasteiger partial charge on any atom is 0.335 e. The van der Waals surface area contributed by atoms with E-state index in [4.69, 9.17) is 36.8 Å². The number of halogens is 1. The molecule has 0 bridgehead atoms. The van der Waals surface area contributed by atoms with E-state index in [2.05, 4.69) is 10.3 Å². The van der Waals surface area contributed by atoms with E-state index in [0.717, 1.165) is 42.2 Å². The maximum absolute atomic E-state index is 9.77. The van der Waals surface area contributed by atoms with Crippen molar-refractivity contribution in [2.45, 2.75) is 37.3 Å². The molecular weight excluding hydrogens is 428 g/mol. The zero-order valence-electron chi connectivity index (χ0n) is 16.6. The van der Waals surface area contributed by atoms with Gasteiger partial charge in [0.2, 0.25) is 0 Å². The number of aliphatic hydroxyl groups excluding tert-OH is 2. The lowest BCUT2D eigenvalue weighted by Crippen LogP contribution is -2.39. The summed E-state index contributed by atoms with van der Waals surface area (Å²) in [5.41, 5.74) is 2.04. The van der Waals surface area contributed by atoms with Gasteiger partial charge in [0.05, 0.1) is 11.8 Å². The number of hydrogen-bond acceptors (Lipinski definition) is 7. The van der Waals surface area contributed by atoms with Crippen LogP contribution in [0, 0.1) is 0 Å². The number of nitrogens with one attached hydrogen (secondary N) is 1. The zero-order chi connectivity index (χ0) is 22.8. The Kier molecular flexibility index (Phi) is 9.83. The maximum atomic E-state index is 9.77. The lowest BCUT2D eigenvalue weighted by molar-refractivity contribution is -0.165. The van der Waals surface area contributed by atoms with E-state index in [1.165, 1.54) is 0 Å². The van der Waals surface area contributed by atoms with Gasteiger partial charge in [-0.15, -0.1) is 0 Å². The molecule has 1 saturated heterocycles. The highest BCUT2D eigenvalue weighted by Crippen LogP contribution is 2.28. The molecule has 31 heavy (non-hydrogen) atoms. The van der Waals surface area contributed by atoms with Gasteiger partial charge in [-0.3, -0.25) is 4.98 Å². The van der Waals surface area contributed by atoms with Gasteiger partial charge in [0.1, 0.15) is 6.10 Å². The molecule has 9 nitrogen and oxygen atoms in total. The summed E-state index contributed by atoms with van der Waals surface area (Å²) in [7, 11) is 0. The monoisotopic (exact) mass is 452 g/mol. The Hall–Kier alpha value is -2.56. The Morgan fingerprint density at radius 1 is 1.00 bits per heavy atom. The first kappa shape index (κ1) is 24.7. The molecule has 168 valence electrons. The largest absolute Gasteiger partial charge is 0.479 e. The highest BCUT2D eigenvalue weighted by atomic mass is 35.5. The standard InChI is InChI=1S/C17H19ClN2O.C4H6O6/c18-14-6-4-13(5-7-14)17(16-3-1-2-10-20-16)21-15-8-11-19-12-9-15;5-1(3(7)8)2(6)4(9)10/h1-7,10,15,17,19H,8-9,11-12H2;1-2,5-6H,(H,7,8)(H,9,10)/t17-;1-,2-/m01/s1. The molecular formula is C21H25ClN2O7. The quantitative estimate of drug-likeness (QED) is 0.420. The van der Waals surface area contributed by atoms with Gasteiger partial charge in [0.25, 0.3) is 0 Å². The Morgan fingerprint density at radius 3 is 2.06 bits per heavy atom. The van der Waals surface area contributed by atoms with Crippen LogP contribution in [0.1, 0.15) is 30.2 Å². The van der Waals surface area contributed by atoms with E-state index >= 15 is 0 Å². The molecule has 5 N–H and O–H groups in total. The Balaban J connectivity index is 0.000000291. The second-order valence-electron chi connectivity index (χ2n) is 6.84. The van der Waals surface area contributed by atoms with Crippen LogP contribution in [-0.4, -0.2) is 68.8 Å². The number of aliphatic carboxylic acids is 2. The molecule has 2 aromatic rings. The van der Waals surface area contributed by atoms with Crippen LogP contribution in [0.25, 0.3) is 0 Å². The third-order valence-electron chi connectivity index (χ3n) is 4.55. The summed E-state index contributed by atoms with van der Waals surface area (Å²) in [5.74, 6) is -3.54. The van der Waals surface area contributed by atoms with Crippen molar-refractivity contribution in [1.29, 1.82) is 0 Å². The van der Waals surface area contributed by atoms with E-state index in [0.29, 0.717) is 0 Å². The zero-order valence-corrected chi connectivity index (χ0v) is 17.4. The highest BCUT2D eigenvalue weighted by molar-refractivity contribution is 6.30. The smallest absolute Gasteiger partial charge is 0.335 e. The third-order valence-corrected chi connectivity index (χ3v) is 4.80. The molecule has 0 spiro atoms. The summed E-state index contributed by atoms with van der Waals surface area (Å²) in [6, 6.07) is 13.8. The van der Waals surface area contributed by atoms with Crippen LogP contribution in [-0.2, 0) is 14.3 Å². The van der Waals surface area contributed by atoms with Crippen LogP contribution in [0.2, 0.25) is 5.02 Å². The second kappa shape index (κ2) is 12.3. The summed E-state index contributed by atoms with van der Waals surface area (Å²) >= 11 is 5.99. The number of carboxylic acid groups (broad SMARTS) is 2. The molecule has 0 aliphatic carbocycles. The first-order valence-corrected chi connectivity index (χ1v) is 10.0. The van der Waals surface area contributed by atoms with Crippen molar-refractivity contribution in [3.05, 3.63) is 64.9 Å². The fraction of sp³-hybridized carbons (Fsp3) is 0.381. The van der Waals surface area contributed by atoms with Crippen LogP contribution in [0.15, 0.2) is 48.7 Å². The number of aromatic nitrogens is 1. The number of benzene rings is 1. The molecule has 1 aromatic carbocycles. The Morgan fingerprint density at radius 2 is 1.58 bits per heavy atom. The van der Waals surface area contributed by atoms with Gasteiger partial charge in [0.15, 0.2) is 12.2 Å². The number of pyridine rings is 1. The number of ether oxygens (including phenoxy) is 1. The fourth-order valence-corrected chi connectivity index (χ4v) is 3.01. The average molecular weight is 453 g/mol. The molecule has 2 heterocycles. The average Bonchev–Trinajstić information content (AvgIpc) is 2.78. The number of nitrogens with zero attached hydrogens (tertiary/aromatic N) is 1. The molecule has 3 rings (SSSR count). The van der Waals surface area contributed by atoms with Crippen molar-refractivity contribution in [3.63, 3.8) is 0 Å². The van der Waals surface area contributed by atoms with E-state index in [1.54, 1.807) is 0 Å². The summed E-state index contributed by atoms with van der Waals surface area (Å²) in [4.78, 5) is 24.0. The van der Waals surface area contributed by atoms with Crippen LogP contribution < -0.4 is 5.32 Å². The van der Waals surface area contributed by atoms with Crippen LogP contribution in [0.5, 0.6) is 0 Å². The van der Waals surface area contributed by atoms with Gasteiger partial charge >= 0.3 is 11.9 Å². The predicted octanol–water partition coefficient (Wildman–Crippen LogP) is 1.47. The number of carbonyl (C=O) groups is 2. The van der Waals surface area contributed by atoms with E-state index in [-0.39, 0.29) is 12.2 Å². The molecule has 3 atom stereocenters. The molecule has 0 saturated carbocycles. The van der Waals surface area contributed by atoms with Crippen LogP contribution in [0.3, 0.4) is 0 Å². The summed E-state index contributed by atoms with van der Waals surface area (Å²) in [6.07, 6.45) is -0.506. The van der Waals surface area contributed by atoms with Gasteiger partial charge in [-0.25, -0.2) is 9.59 Å². The minimum absolute atomic E-state index is 0.133. The van der Waals surface area contributed by atoms with Crippen LogP contribution in [0.4, 0.5) is 0 Å². The van der Waals surface area contributed by atoms with Gasteiger partial charge in [0, 0.05) is 11.2 Å². The van der Waals surface area contributed by atoms with Crippen molar-refractivity contribution < 1.29 is 34.8 Å². The SMILES string of the molecule is Clc1ccc([C@H](OC2CCNCC2)c2ccccn2)cc1.O=C(O)[C@H](O)[C@@H](O)C(=O)O. The number of hydrogen-bond donors (Lipinski definition) is 5. The molecule has 1 aliphatic heterocycles. The second-order valence-corrected chi connectivity index (χ2v) is 7.27. The molecule has 1 aromatic heterocycles. The first-order chi connectivity index (χ1) is 14.8. The van der Waals surface area contributed by atoms with Gasteiger partial charge in [-0.1, -0.05) is 29.8 Å². The van der Waals surface area contributed by atoms with Crippen molar-refractivity contribution in [2.24, 2.45) is 0 Å². The number of rotatable bonds is 7. The molecule has 0 unspecified atom stereocenters. The normalized spacial score (nSPS) is 17.0. The number of piperidine rings is 1. The van der Waals surface area contributed by atoms with Crippen molar-refractivity contribution >= 4 is 23.5 Å². The van der Waals surface area contributed by atoms with E-state index < -0.39 is 24.1 Å². The molecule has 0 amide bonds. The van der Waals surface area contributed by atoms with Crippen molar-refractivity contribution in [3.8, 4) is 0 Å². The topological polar surface area (TPSA) is 149 Å². The lowest BCUT2D eigenvalue weighted by Gasteiger charge is -2.28. The summed E-state index contributed by atoms with van der Waals surface area (Å²) in [6.45, 7) is 2.03. The predicted molar refractivity (Wildman–Crippen MR) is 112 cm³/mol. The first-order valence-electron chi connectivity index (χ1n) is 9.64. The Labute approximate surface area is 184 Å². The minimum Gasteiger partial charge on any atom is -0.479 e. The molecule has 1 aliphatic rings. The van der Waals surface area contributed by atoms with Crippen molar-refractivity contribution in [1.82, 2.24) is 10.3 Å². The number of aliphatic hydroxyl groups is 2. The number of carboxylic acids is 2. The summed E-state index contributed by atoms with van der Waals surface area (Å²) < 4.78 is 6.36. The minimum atomic E-state index is -2.27. The van der Waals surface area contributed by atoms with Gasteiger partial charge in [-0.05, 0) is 55.8 Å². The van der Waals surface area contributed by atoms with E-state index in [1.807, 2.05) is 48.7 Å².